The molecule has 2 aromatic rings. The predicted octanol–water partition coefficient (Wildman–Crippen LogP) is 8.05. The molecular formula is C26H40Cl2Si3Zr. The van der Waals surface area contributed by atoms with Gasteiger partial charge in [-0.15, -0.1) is 24.8 Å². The standard InChI is InChI=1S/2C10H9.2C3H9Si.2ClH.H2Si.Zr/c2*1-8-6-9-4-2-3-5-10(9)7-8;2*1-4(2)3;;;;/h2*2-7H,1H3;2*1-3H3;2*1H;1H2;. The maximum atomic E-state index is 2.76. The van der Waals surface area contributed by atoms with Crippen LogP contribution in [0.15, 0.2) is 59.7 Å². The summed E-state index contributed by atoms with van der Waals surface area (Å²) in [4.78, 5) is 0. The average Bonchev–Trinajstić information content (AvgIpc) is 3.15. The number of fused-ring (bicyclic) bond motifs is 2. The molecule has 174 valence electrons. The van der Waals surface area contributed by atoms with Gasteiger partial charge in [0, 0.05) is 0 Å². The molecule has 6 heteroatoms. The number of hydrogen-bond acceptors (Lipinski definition) is 0. The topological polar surface area (TPSA) is 0 Å². The van der Waals surface area contributed by atoms with Crippen LogP contribution in [0.5, 0.6) is 0 Å². The molecular weight excluding hydrogens is 559 g/mol. The minimum absolute atomic E-state index is 0. The summed E-state index contributed by atoms with van der Waals surface area (Å²) in [6.45, 7) is 24.1. The number of halogens is 2. The number of benzene rings is 2. The summed E-state index contributed by atoms with van der Waals surface area (Å²) < 4.78 is 1.39. The van der Waals surface area contributed by atoms with E-state index >= 15 is 0 Å². The van der Waals surface area contributed by atoms with Gasteiger partial charge in [-0.05, 0) is 0 Å². The normalized spacial score (nSPS) is 20.4. The van der Waals surface area contributed by atoms with E-state index in [-0.39, 0.29) is 24.8 Å². The van der Waals surface area contributed by atoms with E-state index in [1.807, 2.05) is 0 Å². The molecule has 0 heterocycles. The Bertz CT molecular complexity index is 1070. The fourth-order valence-electron chi connectivity index (χ4n) is 7.73. The van der Waals surface area contributed by atoms with Crippen LogP contribution < -0.4 is 0 Å². The van der Waals surface area contributed by atoms with Crippen molar-refractivity contribution in [2.24, 2.45) is 0 Å². The molecule has 0 bridgehead atoms. The monoisotopic (exact) mass is 596 g/mol. The Labute approximate surface area is 210 Å². The quantitative estimate of drug-likeness (QED) is 0.312. The molecule has 2 aromatic carbocycles. The minimum atomic E-state index is -3.61. The summed E-state index contributed by atoms with van der Waals surface area (Å²) in [6, 6.07) is 18.7. The van der Waals surface area contributed by atoms with E-state index in [9.17, 15) is 0 Å². The fraction of sp³-hybridized carbons (Fsp3) is 0.385. The summed E-state index contributed by atoms with van der Waals surface area (Å²) >= 11 is -3.61. The Balaban J connectivity index is 0.00000181. The molecule has 4 rings (SSSR count). The zero-order valence-corrected chi connectivity index (χ0v) is 28.5. The van der Waals surface area contributed by atoms with Crippen LogP contribution in [0.3, 0.4) is 0 Å². The van der Waals surface area contributed by atoms with E-state index in [1.54, 1.807) is 22.3 Å². The smallest absolute Gasteiger partial charge is 0.147 e. The van der Waals surface area contributed by atoms with Crippen molar-refractivity contribution in [1.29, 1.82) is 0 Å². The van der Waals surface area contributed by atoms with E-state index in [2.05, 4.69) is 121 Å². The molecule has 0 nitrogen and oxygen atoms in total. The maximum Gasteiger partial charge on any atom is -0.147 e. The van der Waals surface area contributed by atoms with Gasteiger partial charge < -0.3 is 0 Å². The van der Waals surface area contributed by atoms with Crippen molar-refractivity contribution >= 4 is 54.2 Å². The number of rotatable bonds is 4. The SMILES string of the molecule is CC1=Cc2ccccc2[CH]1[Zr](=[SiH2])([CH]1C(C)=Cc2ccccc21)([Si](C)(C)C)[Si](C)(C)C.Cl.Cl. The fourth-order valence-corrected chi connectivity index (χ4v) is 122. The number of allylic oxidation sites excluding steroid dienone is 2. The van der Waals surface area contributed by atoms with Crippen molar-refractivity contribution in [3.05, 3.63) is 81.9 Å². The third-order valence-corrected chi connectivity index (χ3v) is 155. The number of hydrogen-bond donors (Lipinski definition) is 0. The van der Waals surface area contributed by atoms with Gasteiger partial charge in [-0.25, -0.2) is 0 Å². The third kappa shape index (κ3) is 3.42. The van der Waals surface area contributed by atoms with Gasteiger partial charge in [0.15, 0.2) is 0 Å². The molecule has 0 spiro atoms. The Morgan fingerprint density at radius 1 is 0.625 bits per heavy atom. The van der Waals surface area contributed by atoms with E-state index < -0.39 is 26.1 Å². The third-order valence-electron chi connectivity index (χ3n) is 9.15. The van der Waals surface area contributed by atoms with Crippen molar-refractivity contribution in [2.75, 3.05) is 0 Å². The first-order chi connectivity index (χ1) is 13.8. The van der Waals surface area contributed by atoms with Gasteiger partial charge in [-0.3, -0.25) is 0 Å². The largest absolute Gasteiger partial charge is 0.147 e. The molecule has 0 saturated carbocycles. The van der Waals surface area contributed by atoms with Gasteiger partial charge in [-0.2, -0.15) is 0 Å². The summed E-state index contributed by atoms with van der Waals surface area (Å²) in [5, 5.41) is -3.09. The second kappa shape index (κ2) is 8.92. The first-order valence-electron chi connectivity index (χ1n) is 11.4. The molecule has 0 aromatic heterocycles. The van der Waals surface area contributed by atoms with Crippen molar-refractivity contribution < 1.29 is 15.7 Å². The van der Waals surface area contributed by atoms with Crippen molar-refractivity contribution in [1.82, 2.24) is 0 Å². The minimum Gasteiger partial charge on any atom is -0.147 e. The van der Waals surface area contributed by atoms with Crippen LogP contribution in [0.1, 0.15) is 43.4 Å². The van der Waals surface area contributed by atoms with Gasteiger partial charge in [0.25, 0.3) is 0 Å². The zero-order valence-electron chi connectivity index (χ0n) is 21.0. The second-order valence-corrected chi connectivity index (χ2v) is 88.3. The summed E-state index contributed by atoms with van der Waals surface area (Å²) in [5.41, 5.74) is 9.65. The van der Waals surface area contributed by atoms with Gasteiger partial charge >= 0.3 is 187 Å². The van der Waals surface area contributed by atoms with E-state index in [0.29, 0.717) is 7.25 Å². The molecule has 0 aliphatic heterocycles. The zero-order chi connectivity index (χ0) is 22.1. The van der Waals surface area contributed by atoms with Gasteiger partial charge in [0.1, 0.15) is 0 Å². The summed E-state index contributed by atoms with van der Waals surface area (Å²) in [7, 11) is 0. The Hall–Kier alpha value is 0.0338. The molecule has 2 aliphatic carbocycles. The maximum absolute atomic E-state index is 3.61. The first kappa shape index (κ1) is 28.3. The van der Waals surface area contributed by atoms with Crippen molar-refractivity contribution in [2.45, 2.75) is 60.4 Å². The first-order valence-corrected chi connectivity index (χ1v) is 34.5. The molecule has 0 fully saturated rings. The second-order valence-electron chi connectivity index (χ2n) is 12.0. The van der Waals surface area contributed by atoms with E-state index in [0.717, 1.165) is 0 Å². The van der Waals surface area contributed by atoms with Crippen LogP contribution in [0.25, 0.3) is 12.2 Å². The Morgan fingerprint density at radius 2 is 0.938 bits per heavy atom. The molecule has 2 aliphatic rings. The van der Waals surface area contributed by atoms with E-state index in [4.69, 9.17) is 0 Å². The van der Waals surface area contributed by atoms with Crippen LogP contribution in [0.2, 0.25) is 39.3 Å². The van der Waals surface area contributed by atoms with Gasteiger partial charge in [-0.1, -0.05) is 0 Å². The van der Waals surface area contributed by atoms with Crippen LogP contribution in [0.4, 0.5) is 0 Å². The molecule has 0 amide bonds. The predicted molar refractivity (Wildman–Crippen MR) is 155 cm³/mol. The van der Waals surface area contributed by atoms with Crippen LogP contribution in [0, 0.1) is 0 Å². The van der Waals surface area contributed by atoms with Crippen molar-refractivity contribution in [3.63, 3.8) is 0 Å². The molecule has 0 saturated heterocycles. The molecule has 2 unspecified atom stereocenters. The molecule has 32 heavy (non-hydrogen) atoms. The summed E-state index contributed by atoms with van der Waals surface area (Å²) in [5.74, 6) is 0. The van der Waals surface area contributed by atoms with Gasteiger partial charge in [0.05, 0.1) is 0 Å². The Morgan fingerprint density at radius 3 is 1.25 bits per heavy atom. The molecule has 0 radical (unpaired) electrons. The Kier molecular flexibility index (Phi) is 7.88. The van der Waals surface area contributed by atoms with Crippen molar-refractivity contribution in [3.8, 4) is 0 Å². The van der Waals surface area contributed by atoms with Gasteiger partial charge in [0.2, 0.25) is 0 Å². The molecule has 0 N–H and O–H groups in total. The summed E-state index contributed by atoms with van der Waals surface area (Å²) in [6.07, 6.45) is 5.09. The van der Waals surface area contributed by atoms with Crippen LogP contribution >= 0.6 is 24.8 Å². The van der Waals surface area contributed by atoms with Crippen LogP contribution in [-0.4, -0.2) is 17.3 Å². The van der Waals surface area contributed by atoms with Crippen LogP contribution in [-0.2, 0) is 15.7 Å². The molecule has 2 atom stereocenters. The van der Waals surface area contributed by atoms with E-state index in [1.165, 1.54) is 11.1 Å². The average molecular weight is 599 g/mol.